The highest BCUT2D eigenvalue weighted by Crippen LogP contribution is 2.22. The summed E-state index contributed by atoms with van der Waals surface area (Å²) in [5.41, 5.74) is 0. The SMILES string of the molecule is CC(Cc1ccco1)NS(=O)(=O)c1cnc(Cl)s1. The molecule has 2 heterocycles. The van der Waals surface area contributed by atoms with Gasteiger partial charge in [0, 0.05) is 12.5 Å². The van der Waals surface area contributed by atoms with Crippen molar-refractivity contribution in [2.75, 3.05) is 0 Å². The molecule has 2 aromatic rings. The van der Waals surface area contributed by atoms with Crippen LogP contribution in [0.1, 0.15) is 12.7 Å². The van der Waals surface area contributed by atoms with Crippen LogP contribution in [0, 0.1) is 0 Å². The van der Waals surface area contributed by atoms with Crippen LogP contribution in [0.2, 0.25) is 4.47 Å². The lowest BCUT2D eigenvalue weighted by Gasteiger charge is -2.11. The van der Waals surface area contributed by atoms with Crippen molar-refractivity contribution >= 4 is 33.0 Å². The number of hydrogen-bond donors (Lipinski definition) is 1. The predicted molar refractivity (Wildman–Crippen MR) is 69.3 cm³/mol. The van der Waals surface area contributed by atoms with E-state index in [1.807, 2.05) is 0 Å². The molecule has 1 atom stereocenters. The van der Waals surface area contributed by atoms with Crippen LogP contribution in [0.3, 0.4) is 0 Å². The first-order valence-electron chi connectivity index (χ1n) is 5.13. The summed E-state index contributed by atoms with van der Waals surface area (Å²) < 4.78 is 31.9. The van der Waals surface area contributed by atoms with Gasteiger partial charge in [-0.2, -0.15) is 0 Å². The van der Waals surface area contributed by atoms with Crippen LogP contribution in [-0.4, -0.2) is 19.4 Å². The highest BCUT2D eigenvalue weighted by molar-refractivity contribution is 7.91. The number of hydrogen-bond acceptors (Lipinski definition) is 5. The van der Waals surface area contributed by atoms with Gasteiger partial charge in [-0.15, -0.1) is 0 Å². The van der Waals surface area contributed by atoms with Gasteiger partial charge >= 0.3 is 0 Å². The average molecular weight is 307 g/mol. The van der Waals surface area contributed by atoms with Crippen LogP contribution in [0.5, 0.6) is 0 Å². The maximum absolute atomic E-state index is 12.0. The smallest absolute Gasteiger partial charge is 0.251 e. The van der Waals surface area contributed by atoms with E-state index in [2.05, 4.69) is 9.71 Å². The first-order valence-corrected chi connectivity index (χ1v) is 7.81. The van der Waals surface area contributed by atoms with Gasteiger partial charge in [0.25, 0.3) is 10.0 Å². The molecule has 0 spiro atoms. The van der Waals surface area contributed by atoms with Gasteiger partial charge in [0.15, 0.2) is 8.68 Å². The lowest BCUT2D eigenvalue weighted by atomic mass is 10.2. The Balaban J connectivity index is 2.04. The summed E-state index contributed by atoms with van der Waals surface area (Å²) in [5.74, 6) is 0.729. The Morgan fingerprint density at radius 2 is 2.39 bits per heavy atom. The van der Waals surface area contributed by atoms with Gasteiger partial charge in [-0.1, -0.05) is 22.9 Å². The molecule has 18 heavy (non-hydrogen) atoms. The number of thiazole rings is 1. The number of furan rings is 1. The van der Waals surface area contributed by atoms with Gasteiger partial charge in [-0.25, -0.2) is 18.1 Å². The first-order chi connectivity index (χ1) is 8.47. The zero-order chi connectivity index (χ0) is 13.2. The molecule has 1 unspecified atom stereocenters. The van der Waals surface area contributed by atoms with Gasteiger partial charge in [0.05, 0.1) is 12.5 Å². The quantitative estimate of drug-likeness (QED) is 0.920. The average Bonchev–Trinajstić information content (AvgIpc) is 2.88. The zero-order valence-electron chi connectivity index (χ0n) is 9.46. The van der Waals surface area contributed by atoms with Crippen molar-refractivity contribution in [3.63, 3.8) is 0 Å². The van der Waals surface area contributed by atoms with E-state index in [4.69, 9.17) is 16.0 Å². The summed E-state index contributed by atoms with van der Waals surface area (Å²) in [6.45, 7) is 1.77. The third-order valence-corrected chi connectivity index (χ3v) is 5.33. The Bertz CT molecular complexity index is 607. The van der Waals surface area contributed by atoms with E-state index in [0.717, 1.165) is 17.1 Å². The molecule has 0 saturated heterocycles. The summed E-state index contributed by atoms with van der Waals surface area (Å²) in [6.07, 6.45) is 3.28. The van der Waals surface area contributed by atoms with E-state index >= 15 is 0 Å². The number of nitrogens with zero attached hydrogens (tertiary/aromatic N) is 1. The molecule has 0 aliphatic heterocycles. The highest BCUT2D eigenvalue weighted by atomic mass is 35.5. The van der Waals surface area contributed by atoms with Crippen LogP contribution in [0.15, 0.2) is 33.2 Å². The summed E-state index contributed by atoms with van der Waals surface area (Å²) in [6, 6.07) is 3.29. The summed E-state index contributed by atoms with van der Waals surface area (Å²) in [5, 5.41) is 0. The number of rotatable bonds is 5. The fraction of sp³-hybridized carbons (Fsp3) is 0.300. The molecule has 0 bridgehead atoms. The van der Waals surface area contributed by atoms with Gasteiger partial charge in [0.1, 0.15) is 5.76 Å². The summed E-state index contributed by atoms with van der Waals surface area (Å²) in [7, 11) is -3.56. The van der Waals surface area contributed by atoms with Crippen LogP contribution in [0.25, 0.3) is 0 Å². The Hall–Kier alpha value is -0.890. The standard InChI is InChI=1S/C10H11ClN2O3S2/c1-7(5-8-3-2-4-16-8)13-18(14,15)9-6-12-10(11)17-9/h2-4,6-7,13H,5H2,1H3. The molecule has 0 aromatic carbocycles. The molecule has 0 saturated carbocycles. The molecule has 5 nitrogen and oxygen atoms in total. The Morgan fingerprint density at radius 1 is 1.61 bits per heavy atom. The van der Waals surface area contributed by atoms with Crippen LogP contribution in [-0.2, 0) is 16.4 Å². The van der Waals surface area contributed by atoms with Crippen molar-refractivity contribution < 1.29 is 12.8 Å². The molecule has 0 aliphatic carbocycles. The van der Waals surface area contributed by atoms with Crippen molar-refractivity contribution in [2.45, 2.75) is 23.6 Å². The second-order valence-corrected chi connectivity index (χ2v) is 7.29. The van der Waals surface area contributed by atoms with Gasteiger partial charge in [-0.3, -0.25) is 0 Å². The van der Waals surface area contributed by atoms with E-state index in [1.165, 1.54) is 6.20 Å². The largest absolute Gasteiger partial charge is 0.469 e. The Morgan fingerprint density at radius 3 is 2.94 bits per heavy atom. The molecule has 2 aromatic heterocycles. The fourth-order valence-electron chi connectivity index (χ4n) is 1.46. The molecule has 98 valence electrons. The number of sulfonamides is 1. The maximum atomic E-state index is 12.0. The lowest BCUT2D eigenvalue weighted by Crippen LogP contribution is -2.33. The minimum Gasteiger partial charge on any atom is -0.469 e. The van der Waals surface area contributed by atoms with Crippen molar-refractivity contribution in [3.8, 4) is 0 Å². The summed E-state index contributed by atoms with van der Waals surface area (Å²) in [4.78, 5) is 3.71. The van der Waals surface area contributed by atoms with E-state index in [1.54, 1.807) is 25.3 Å². The monoisotopic (exact) mass is 306 g/mol. The molecule has 0 amide bonds. The van der Waals surface area contributed by atoms with Gasteiger partial charge < -0.3 is 4.42 Å². The molecule has 0 radical (unpaired) electrons. The molecule has 8 heteroatoms. The minimum atomic E-state index is -3.56. The van der Waals surface area contributed by atoms with E-state index in [0.29, 0.717) is 6.42 Å². The van der Waals surface area contributed by atoms with Gasteiger partial charge in [0.2, 0.25) is 0 Å². The zero-order valence-corrected chi connectivity index (χ0v) is 11.8. The van der Waals surface area contributed by atoms with Crippen molar-refractivity contribution in [2.24, 2.45) is 0 Å². The second-order valence-electron chi connectivity index (χ2n) is 3.74. The predicted octanol–water partition coefficient (Wildman–Crippen LogP) is 2.30. The summed E-state index contributed by atoms with van der Waals surface area (Å²) >= 11 is 6.54. The van der Waals surface area contributed by atoms with E-state index in [-0.39, 0.29) is 14.7 Å². The van der Waals surface area contributed by atoms with Crippen molar-refractivity contribution in [1.82, 2.24) is 9.71 Å². The third kappa shape index (κ3) is 3.32. The molecule has 2 rings (SSSR count). The topological polar surface area (TPSA) is 72.2 Å². The molecular weight excluding hydrogens is 296 g/mol. The minimum absolute atomic E-state index is 0.110. The normalized spacial score (nSPS) is 13.7. The molecule has 0 fully saturated rings. The van der Waals surface area contributed by atoms with Crippen LogP contribution < -0.4 is 4.72 Å². The fourth-order valence-corrected chi connectivity index (χ4v) is 4.01. The third-order valence-electron chi connectivity index (χ3n) is 2.16. The van der Waals surface area contributed by atoms with E-state index in [9.17, 15) is 8.42 Å². The lowest BCUT2D eigenvalue weighted by molar-refractivity contribution is 0.479. The molecular formula is C10H11ClN2O3S2. The molecule has 1 N–H and O–H groups in total. The number of nitrogens with one attached hydrogen (secondary N) is 1. The van der Waals surface area contributed by atoms with E-state index < -0.39 is 10.0 Å². The molecule has 0 aliphatic rings. The number of aromatic nitrogens is 1. The maximum Gasteiger partial charge on any atom is 0.251 e. The number of halogens is 1. The van der Waals surface area contributed by atoms with Gasteiger partial charge in [-0.05, 0) is 19.1 Å². The second kappa shape index (κ2) is 5.40. The first kappa shape index (κ1) is 13.5. The Labute approximate surface area is 114 Å². The van der Waals surface area contributed by atoms with Crippen LogP contribution >= 0.6 is 22.9 Å². The van der Waals surface area contributed by atoms with Crippen molar-refractivity contribution in [3.05, 3.63) is 34.8 Å². The van der Waals surface area contributed by atoms with Crippen LogP contribution in [0.4, 0.5) is 0 Å². The Kier molecular flexibility index (Phi) is 4.06. The van der Waals surface area contributed by atoms with Crippen molar-refractivity contribution in [1.29, 1.82) is 0 Å². The highest BCUT2D eigenvalue weighted by Gasteiger charge is 2.20.